The van der Waals surface area contributed by atoms with Crippen LogP contribution in [-0.2, 0) is 4.79 Å². The number of hydrogen-bond acceptors (Lipinski definition) is 4. The highest BCUT2D eigenvalue weighted by Gasteiger charge is 1.81. The molecule has 0 heterocycles. The SMILES string of the molecule is NCC(=O)O.[AlH3].[OH][AlH][OH]. The summed E-state index contributed by atoms with van der Waals surface area (Å²) in [5.41, 5.74) is 4.57. The first-order chi connectivity index (χ1) is 3.68. The zero-order valence-corrected chi connectivity index (χ0v) is 5.66. The Balaban J connectivity index is -0.0000000800. The van der Waals surface area contributed by atoms with E-state index in [1.807, 2.05) is 0 Å². The van der Waals surface area contributed by atoms with Crippen molar-refractivity contribution in [1.29, 1.82) is 0 Å². The van der Waals surface area contributed by atoms with Gasteiger partial charge in [0.25, 0.3) is 0 Å². The second-order valence-corrected chi connectivity index (χ2v) is 1.02. The molecule has 0 atom stereocenters. The average Bonchev–Trinajstić information content (AvgIpc) is 1.69. The van der Waals surface area contributed by atoms with Crippen LogP contribution in [0.5, 0.6) is 0 Å². The van der Waals surface area contributed by atoms with Gasteiger partial charge in [-0.3, -0.25) is 4.79 Å². The summed E-state index contributed by atoms with van der Waals surface area (Å²) in [4.78, 5) is 9.24. The fraction of sp³-hybridized carbons (Fsp3) is 0.500. The van der Waals surface area contributed by atoms with Crippen molar-refractivity contribution in [2.75, 3.05) is 6.54 Å². The van der Waals surface area contributed by atoms with Gasteiger partial charge >= 0.3 is 21.9 Å². The molecule has 0 amide bonds. The lowest BCUT2D eigenvalue weighted by Gasteiger charge is -1.73. The molecule has 0 aromatic heterocycles. The van der Waals surface area contributed by atoms with E-state index in [9.17, 15) is 4.79 Å². The topological polar surface area (TPSA) is 104 Å². The Labute approximate surface area is 70.0 Å². The molecule has 9 heavy (non-hydrogen) atoms. The summed E-state index contributed by atoms with van der Waals surface area (Å²) in [6.45, 7) is -0.278. The molecule has 0 saturated heterocycles. The molecule has 5 N–H and O–H groups in total. The van der Waals surface area contributed by atoms with E-state index in [0.717, 1.165) is 0 Å². The van der Waals surface area contributed by atoms with Gasteiger partial charge in [-0.05, 0) is 0 Å². The second kappa shape index (κ2) is 15.8. The van der Waals surface area contributed by atoms with Crippen molar-refractivity contribution in [3.8, 4) is 0 Å². The highest BCUT2D eigenvalue weighted by Crippen LogP contribution is 1.43. The lowest BCUT2D eigenvalue weighted by molar-refractivity contribution is -0.135. The zero-order valence-electron chi connectivity index (χ0n) is 4.24. The van der Waals surface area contributed by atoms with Gasteiger partial charge in [0, 0.05) is 0 Å². The van der Waals surface area contributed by atoms with Crippen LogP contribution in [0, 0.1) is 0 Å². The van der Waals surface area contributed by atoms with Gasteiger partial charge in [0.1, 0.15) is 0 Å². The van der Waals surface area contributed by atoms with Crippen LogP contribution < -0.4 is 5.73 Å². The predicted octanol–water partition coefficient (Wildman–Crippen LogP) is -3.92. The smallest absolute Gasteiger partial charge is 0.496 e. The molecule has 0 aromatic carbocycles. The Hall–Kier alpha value is 0.415. The van der Waals surface area contributed by atoms with Crippen LogP contribution in [0.15, 0.2) is 0 Å². The Bertz CT molecular complexity index is 60.5. The minimum atomic E-state index is -1.58. The molecule has 0 aromatic rings. The maximum Gasteiger partial charge on any atom is 0.644 e. The van der Waals surface area contributed by atoms with E-state index in [2.05, 4.69) is 5.73 Å². The van der Waals surface area contributed by atoms with Crippen LogP contribution in [0.3, 0.4) is 0 Å². The maximum atomic E-state index is 9.24. The van der Waals surface area contributed by atoms with Crippen molar-refractivity contribution in [3.05, 3.63) is 0 Å². The number of aliphatic carboxylic acids is 1. The fourth-order valence-electron chi connectivity index (χ4n) is 0. The predicted molar refractivity (Wildman–Crippen MR) is 38.2 cm³/mol. The summed E-state index contributed by atoms with van der Waals surface area (Å²) in [6.07, 6.45) is 0. The van der Waals surface area contributed by atoms with E-state index in [1.54, 1.807) is 0 Å². The van der Waals surface area contributed by atoms with Gasteiger partial charge in [0.05, 0.1) is 6.54 Å². The highest BCUT2D eigenvalue weighted by molar-refractivity contribution is 6.13. The van der Waals surface area contributed by atoms with Crippen LogP contribution in [0.1, 0.15) is 0 Å². The quantitative estimate of drug-likeness (QED) is 0.299. The van der Waals surface area contributed by atoms with Crippen molar-refractivity contribution >= 4 is 39.2 Å². The van der Waals surface area contributed by atoms with E-state index in [0.29, 0.717) is 0 Å². The lowest BCUT2D eigenvalue weighted by atomic mass is 10.7. The third kappa shape index (κ3) is 59.4. The van der Waals surface area contributed by atoms with Crippen molar-refractivity contribution in [2.45, 2.75) is 0 Å². The maximum absolute atomic E-state index is 9.24. The third-order valence-electron chi connectivity index (χ3n) is 0.175. The minimum Gasteiger partial charge on any atom is -0.496 e. The Morgan fingerprint density at radius 2 is 1.67 bits per heavy atom. The molecular formula is C2H11Al2NO4. The third-order valence-corrected chi connectivity index (χ3v) is 0.175. The molecule has 7 heteroatoms. The number of carbonyl (C=O) groups is 1. The number of carboxylic acids is 1. The van der Waals surface area contributed by atoms with Crippen molar-refractivity contribution < 1.29 is 18.2 Å². The van der Waals surface area contributed by atoms with Crippen molar-refractivity contribution in [3.63, 3.8) is 0 Å². The minimum absolute atomic E-state index is 0. The Morgan fingerprint density at radius 3 is 1.67 bits per heavy atom. The molecule has 0 radical (unpaired) electrons. The van der Waals surface area contributed by atoms with Gasteiger partial charge in [-0.1, -0.05) is 0 Å². The molecular weight excluding hydrogens is 156 g/mol. The van der Waals surface area contributed by atoms with Crippen molar-refractivity contribution in [1.82, 2.24) is 0 Å². The van der Waals surface area contributed by atoms with Gasteiger partial charge in [-0.2, -0.15) is 0 Å². The molecule has 0 aliphatic carbocycles. The monoisotopic (exact) mass is 167 g/mol. The van der Waals surface area contributed by atoms with Gasteiger partial charge in [-0.15, -0.1) is 0 Å². The van der Waals surface area contributed by atoms with Crippen LogP contribution in [0.2, 0.25) is 0 Å². The number of carboxylic acid groups (broad SMARTS) is 1. The normalized spacial score (nSPS) is 5.67. The summed E-state index contributed by atoms with van der Waals surface area (Å²) >= 11 is -1.58. The van der Waals surface area contributed by atoms with Gasteiger partial charge in [0.15, 0.2) is 17.4 Å². The largest absolute Gasteiger partial charge is 0.644 e. The number of rotatable bonds is 1. The molecule has 0 spiro atoms. The van der Waals surface area contributed by atoms with Gasteiger partial charge in [-0.25, -0.2) is 0 Å². The molecule has 0 fully saturated rings. The fourth-order valence-corrected chi connectivity index (χ4v) is 0. The first kappa shape index (κ1) is 16.2. The van der Waals surface area contributed by atoms with Crippen LogP contribution >= 0.6 is 0 Å². The van der Waals surface area contributed by atoms with Gasteiger partial charge in [0.2, 0.25) is 0 Å². The summed E-state index contributed by atoms with van der Waals surface area (Å²) in [5.74, 6) is -0.968. The Kier molecular flexibility index (Phi) is 28.4. The van der Waals surface area contributed by atoms with E-state index < -0.39 is 21.9 Å². The first-order valence-corrected chi connectivity index (χ1v) is 3.09. The summed E-state index contributed by atoms with van der Waals surface area (Å²) in [7, 11) is 0. The summed E-state index contributed by atoms with van der Waals surface area (Å²) in [6, 6.07) is 0. The number of nitrogens with two attached hydrogens (primary N) is 1. The molecule has 0 unspecified atom stereocenters. The molecule has 54 valence electrons. The van der Waals surface area contributed by atoms with Crippen LogP contribution in [-0.4, -0.2) is 59.2 Å². The lowest BCUT2D eigenvalue weighted by Crippen LogP contribution is -2.10. The highest BCUT2D eigenvalue weighted by atomic mass is 27.2. The van der Waals surface area contributed by atoms with E-state index in [4.69, 9.17) is 13.4 Å². The second-order valence-electron chi connectivity index (χ2n) is 0.739. The Morgan fingerprint density at radius 1 is 1.56 bits per heavy atom. The standard InChI is InChI=1S/C2H5NO2.2Al.2H2O.4H/c3-1-2(4)5;;;;;;;;/h1,3H2,(H,4,5);;;2*1H2;;;;/q;;+2;;;;;;/p-2. The van der Waals surface area contributed by atoms with Crippen LogP contribution in [0.4, 0.5) is 0 Å². The van der Waals surface area contributed by atoms with E-state index in [-0.39, 0.29) is 23.9 Å². The molecule has 0 aliphatic rings. The average molecular weight is 167 g/mol. The molecule has 0 bridgehead atoms. The summed E-state index contributed by atoms with van der Waals surface area (Å²) in [5, 5.41) is 7.60. The van der Waals surface area contributed by atoms with Crippen molar-refractivity contribution in [2.24, 2.45) is 5.73 Å². The zero-order chi connectivity index (χ0) is 6.99. The van der Waals surface area contributed by atoms with E-state index in [1.165, 1.54) is 0 Å². The summed E-state index contributed by atoms with van der Waals surface area (Å²) < 4.78 is 14.5. The molecule has 0 aliphatic heterocycles. The molecule has 0 rings (SSSR count). The molecule has 5 nitrogen and oxygen atoms in total. The number of hydrogen-bond donors (Lipinski definition) is 4. The van der Waals surface area contributed by atoms with Crippen LogP contribution in [0.25, 0.3) is 0 Å². The molecule has 0 saturated carbocycles. The van der Waals surface area contributed by atoms with Gasteiger partial charge < -0.3 is 19.2 Å². The first-order valence-electron chi connectivity index (χ1n) is 1.82. The van der Waals surface area contributed by atoms with E-state index >= 15 is 0 Å².